The lowest BCUT2D eigenvalue weighted by Gasteiger charge is -2.34. The standard InChI is InChI=1S/C26H38N6O2/c1-3-31(2)22-10-8-21(9-11-22)30-25-14-24(28-18-29-25)26(34)27-15-23(33)17-32-13-12-19-6-4-5-7-20(19)16-32/h4-7,14,18,21-23,33H,3,8-13,15-17H2,1-2H3,(H,27,34)(H,28,29,30). The van der Waals surface area contributed by atoms with Gasteiger partial charge in [0, 0.05) is 44.3 Å². The highest BCUT2D eigenvalue weighted by atomic mass is 16.3. The number of carbonyl (C=O) groups excluding carboxylic acids is 1. The van der Waals surface area contributed by atoms with Gasteiger partial charge in [-0.1, -0.05) is 31.2 Å². The van der Waals surface area contributed by atoms with E-state index >= 15 is 0 Å². The number of benzene rings is 1. The monoisotopic (exact) mass is 466 g/mol. The van der Waals surface area contributed by atoms with E-state index in [9.17, 15) is 9.90 Å². The number of nitrogens with one attached hydrogen (secondary N) is 2. The van der Waals surface area contributed by atoms with Crippen LogP contribution < -0.4 is 10.6 Å². The van der Waals surface area contributed by atoms with Crippen LogP contribution in [0.1, 0.15) is 54.2 Å². The molecule has 2 aromatic rings. The maximum absolute atomic E-state index is 12.6. The van der Waals surface area contributed by atoms with Gasteiger partial charge in [0.1, 0.15) is 17.8 Å². The SMILES string of the molecule is CCN(C)C1CCC(Nc2cc(C(=O)NCC(O)CN3CCc4ccccc4C3)ncn2)CC1. The summed E-state index contributed by atoms with van der Waals surface area (Å²) in [6.07, 6.45) is 6.30. The van der Waals surface area contributed by atoms with Gasteiger partial charge >= 0.3 is 0 Å². The van der Waals surface area contributed by atoms with Gasteiger partial charge in [-0.2, -0.15) is 0 Å². The van der Waals surface area contributed by atoms with Crippen molar-refractivity contribution in [3.05, 3.63) is 53.5 Å². The Bertz CT molecular complexity index is 946. The quantitative estimate of drug-likeness (QED) is 0.522. The van der Waals surface area contributed by atoms with Crippen LogP contribution in [0.15, 0.2) is 36.7 Å². The maximum Gasteiger partial charge on any atom is 0.270 e. The van der Waals surface area contributed by atoms with E-state index in [-0.39, 0.29) is 12.5 Å². The Labute approximate surface area is 202 Å². The number of hydrogen-bond acceptors (Lipinski definition) is 7. The minimum absolute atomic E-state index is 0.193. The molecule has 8 nitrogen and oxygen atoms in total. The molecule has 4 rings (SSSR count). The van der Waals surface area contributed by atoms with E-state index in [1.165, 1.54) is 30.3 Å². The lowest BCUT2D eigenvalue weighted by atomic mass is 9.90. The predicted octanol–water partition coefficient (Wildman–Crippen LogP) is 2.30. The van der Waals surface area contributed by atoms with E-state index in [4.69, 9.17) is 0 Å². The van der Waals surface area contributed by atoms with Crippen LogP contribution in [-0.2, 0) is 13.0 Å². The molecule has 0 saturated heterocycles. The minimum atomic E-state index is -0.634. The van der Waals surface area contributed by atoms with Gasteiger partial charge in [-0.15, -0.1) is 0 Å². The van der Waals surface area contributed by atoms with E-state index in [2.05, 4.69) is 68.6 Å². The predicted molar refractivity (Wildman–Crippen MR) is 134 cm³/mol. The molecule has 1 aromatic carbocycles. The van der Waals surface area contributed by atoms with E-state index < -0.39 is 6.10 Å². The van der Waals surface area contributed by atoms with Crippen molar-refractivity contribution >= 4 is 11.7 Å². The average Bonchev–Trinajstić information content (AvgIpc) is 2.87. The molecule has 0 spiro atoms. The summed E-state index contributed by atoms with van der Waals surface area (Å²) in [7, 11) is 2.19. The number of hydrogen-bond donors (Lipinski definition) is 3. The molecule has 1 aliphatic carbocycles. The first-order valence-electron chi connectivity index (χ1n) is 12.6. The maximum atomic E-state index is 12.6. The fraction of sp³-hybridized carbons (Fsp3) is 0.577. The van der Waals surface area contributed by atoms with Gasteiger partial charge in [0.05, 0.1) is 6.10 Å². The Morgan fingerprint density at radius 2 is 1.97 bits per heavy atom. The van der Waals surface area contributed by atoms with Gasteiger partial charge in [-0.25, -0.2) is 9.97 Å². The summed E-state index contributed by atoms with van der Waals surface area (Å²) in [5, 5.41) is 16.8. The summed E-state index contributed by atoms with van der Waals surface area (Å²) in [6, 6.07) is 11.2. The van der Waals surface area contributed by atoms with Crippen molar-refractivity contribution in [1.82, 2.24) is 25.1 Å². The molecule has 1 unspecified atom stereocenters. The number of carbonyl (C=O) groups is 1. The Balaban J connectivity index is 1.22. The third kappa shape index (κ3) is 6.52. The fourth-order valence-corrected chi connectivity index (χ4v) is 5.06. The van der Waals surface area contributed by atoms with E-state index in [1.807, 2.05) is 0 Å². The molecule has 1 saturated carbocycles. The number of rotatable bonds is 9. The molecule has 34 heavy (non-hydrogen) atoms. The van der Waals surface area contributed by atoms with Crippen molar-refractivity contribution in [2.24, 2.45) is 0 Å². The molecule has 0 bridgehead atoms. The molecule has 3 N–H and O–H groups in total. The van der Waals surface area contributed by atoms with Crippen LogP contribution in [-0.4, -0.2) is 82.2 Å². The first kappa shape index (κ1) is 24.6. The smallest absolute Gasteiger partial charge is 0.270 e. The molecule has 1 atom stereocenters. The molecule has 2 aliphatic rings. The number of nitrogens with zero attached hydrogens (tertiary/aromatic N) is 4. The first-order valence-corrected chi connectivity index (χ1v) is 12.6. The van der Waals surface area contributed by atoms with Crippen LogP contribution in [0.25, 0.3) is 0 Å². The van der Waals surface area contributed by atoms with Gasteiger partial charge in [0.25, 0.3) is 5.91 Å². The van der Waals surface area contributed by atoms with Crippen LogP contribution in [0.2, 0.25) is 0 Å². The molecular weight excluding hydrogens is 428 g/mol. The Morgan fingerprint density at radius 1 is 1.21 bits per heavy atom. The van der Waals surface area contributed by atoms with Crippen LogP contribution in [0.5, 0.6) is 0 Å². The summed E-state index contributed by atoms with van der Waals surface area (Å²) in [5.41, 5.74) is 3.02. The zero-order valence-corrected chi connectivity index (χ0v) is 20.4. The highest BCUT2D eigenvalue weighted by Crippen LogP contribution is 2.24. The highest BCUT2D eigenvalue weighted by molar-refractivity contribution is 5.92. The summed E-state index contributed by atoms with van der Waals surface area (Å²) in [4.78, 5) is 25.7. The number of amides is 1. The van der Waals surface area contributed by atoms with Crippen molar-refractivity contribution in [3.63, 3.8) is 0 Å². The van der Waals surface area contributed by atoms with E-state index in [1.54, 1.807) is 6.07 Å². The van der Waals surface area contributed by atoms with E-state index in [0.29, 0.717) is 30.1 Å². The summed E-state index contributed by atoms with van der Waals surface area (Å²) in [6.45, 7) is 5.75. The lowest BCUT2D eigenvalue weighted by molar-refractivity contribution is 0.0838. The van der Waals surface area contributed by atoms with Crippen LogP contribution >= 0.6 is 0 Å². The van der Waals surface area contributed by atoms with Crippen molar-refractivity contribution in [1.29, 1.82) is 0 Å². The Kier molecular flexibility index (Phi) is 8.48. The highest BCUT2D eigenvalue weighted by Gasteiger charge is 2.24. The lowest BCUT2D eigenvalue weighted by Crippen LogP contribution is -2.42. The van der Waals surface area contributed by atoms with Crippen LogP contribution in [0.3, 0.4) is 0 Å². The number of aliphatic hydroxyl groups excluding tert-OH is 1. The number of β-amino-alcohol motifs (C(OH)–C–C–N with tert-alkyl or cyclic N) is 1. The number of aromatic nitrogens is 2. The zero-order valence-electron chi connectivity index (χ0n) is 20.4. The molecule has 1 amide bonds. The van der Waals surface area contributed by atoms with Gasteiger partial charge < -0.3 is 20.6 Å². The third-order valence-corrected chi connectivity index (χ3v) is 7.25. The van der Waals surface area contributed by atoms with Crippen LogP contribution in [0.4, 0.5) is 5.82 Å². The largest absolute Gasteiger partial charge is 0.390 e. The molecule has 1 aliphatic heterocycles. The van der Waals surface area contributed by atoms with Gasteiger partial charge in [-0.05, 0) is 56.8 Å². The van der Waals surface area contributed by atoms with E-state index in [0.717, 1.165) is 38.9 Å². The minimum Gasteiger partial charge on any atom is -0.390 e. The fourth-order valence-electron chi connectivity index (χ4n) is 5.06. The molecular formula is C26H38N6O2. The summed E-state index contributed by atoms with van der Waals surface area (Å²) >= 11 is 0. The molecule has 0 radical (unpaired) electrons. The molecule has 1 aromatic heterocycles. The molecule has 2 heterocycles. The number of aliphatic hydroxyl groups is 1. The zero-order chi connectivity index (χ0) is 23.9. The van der Waals surface area contributed by atoms with Crippen molar-refractivity contribution < 1.29 is 9.90 Å². The number of anilines is 1. The second-order valence-electron chi connectivity index (χ2n) is 9.63. The van der Waals surface area contributed by atoms with Crippen molar-refractivity contribution in [2.45, 2.75) is 63.8 Å². The first-order chi connectivity index (χ1) is 16.5. The Hall–Kier alpha value is -2.55. The topological polar surface area (TPSA) is 93.6 Å². The number of fused-ring (bicyclic) bond motifs is 1. The second kappa shape index (κ2) is 11.7. The molecule has 8 heteroatoms. The van der Waals surface area contributed by atoms with Crippen LogP contribution in [0, 0.1) is 0 Å². The average molecular weight is 467 g/mol. The summed E-state index contributed by atoms with van der Waals surface area (Å²) < 4.78 is 0. The molecule has 184 valence electrons. The summed E-state index contributed by atoms with van der Waals surface area (Å²) in [5.74, 6) is 0.391. The Morgan fingerprint density at radius 3 is 2.74 bits per heavy atom. The van der Waals surface area contributed by atoms with Gasteiger partial charge in [-0.3, -0.25) is 9.69 Å². The van der Waals surface area contributed by atoms with Gasteiger partial charge in [0.2, 0.25) is 0 Å². The second-order valence-corrected chi connectivity index (χ2v) is 9.63. The van der Waals surface area contributed by atoms with Gasteiger partial charge in [0.15, 0.2) is 0 Å². The van der Waals surface area contributed by atoms with Crippen molar-refractivity contribution in [2.75, 3.05) is 38.5 Å². The normalized spacial score (nSPS) is 21.6. The molecule has 1 fully saturated rings. The van der Waals surface area contributed by atoms with Crippen molar-refractivity contribution in [3.8, 4) is 0 Å². The third-order valence-electron chi connectivity index (χ3n) is 7.25.